The van der Waals surface area contributed by atoms with Crippen LogP contribution in [0, 0.1) is 16.7 Å². The fourth-order valence-corrected chi connectivity index (χ4v) is 4.66. The Balaban J connectivity index is 0.00000114. The molecule has 0 heterocycles. The molecule has 0 N–H and O–H groups in total. The molecule has 0 aliphatic heterocycles. The molecule has 1 aliphatic carbocycles. The maximum Gasteiger partial charge on any atom is -0.00772 e. The van der Waals surface area contributed by atoms with Crippen molar-refractivity contribution in [1.82, 2.24) is 0 Å². The molecule has 2 aromatic carbocycles. The lowest BCUT2D eigenvalue weighted by molar-refractivity contribution is 0.285. The van der Waals surface area contributed by atoms with E-state index in [1.54, 1.807) is 0 Å². The van der Waals surface area contributed by atoms with Crippen molar-refractivity contribution in [3.05, 3.63) is 90.1 Å². The van der Waals surface area contributed by atoms with Crippen molar-refractivity contribution in [2.75, 3.05) is 0 Å². The number of allylic oxidation sites excluding steroid dienone is 7. The van der Waals surface area contributed by atoms with Gasteiger partial charge >= 0.3 is 0 Å². The predicted octanol–water partition coefficient (Wildman–Crippen LogP) is 11.4. The lowest BCUT2D eigenvalue weighted by atomic mass is 9.72. The highest BCUT2D eigenvalue weighted by Gasteiger charge is 2.35. The third kappa shape index (κ3) is 8.09. The molecule has 2 atom stereocenters. The molecule has 0 spiro atoms. The molecule has 0 bridgehead atoms. The Hall–Kier alpha value is -2.34. The van der Waals surface area contributed by atoms with Crippen molar-refractivity contribution in [3.63, 3.8) is 0 Å². The van der Waals surface area contributed by atoms with Gasteiger partial charge in [-0.25, -0.2) is 0 Å². The first-order valence-electron chi connectivity index (χ1n) is 13.8. The zero-order valence-corrected chi connectivity index (χ0v) is 24.5. The normalized spacial score (nSPS) is 21.5. The maximum atomic E-state index is 3.98. The molecule has 0 nitrogen and oxygen atoms in total. The molecule has 0 saturated heterocycles. The van der Waals surface area contributed by atoms with Gasteiger partial charge in [-0.05, 0) is 69.1 Å². The predicted molar refractivity (Wildman–Crippen MR) is 162 cm³/mol. The molecule has 2 unspecified atom stereocenters. The summed E-state index contributed by atoms with van der Waals surface area (Å²) in [4.78, 5) is 0. The summed E-state index contributed by atoms with van der Waals surface area (Å²) in [5.74, 6) is 0.576. The number of hydrogen-bond donors (Lipinski definition) is 0. The summed E-state index contributed by atoms with van der Waals surface area (Å²) in [6.45, 7) is 26.2. The lowest BCUT2D eigenvalue weighted by Crippen LogP contribution is -2.23. The molecular formula is C35H52. The lowest BCUT2D eigenvalue weighted by Gasteiger charge is -2.32. The van der Waals surface area contributed by atoms with E-state index in [1.165, 1.54) is 39.5 Å². The molecule has 35 heavy (non-hydrogen) atoms. The van der Waals surface area contributed by atoms with Gasteiger partial charge in [0.2, 0.25) is 0 Å². The molecule has 0 saturated carbocycles. The zero-order chi connectivity index (χ0) is 26.6. The van der Waals surface area contributed by atoms with Crippen LogP contribution >= 0.6 is 0 Å². The molecule has 0 amide bonds. The van der Waals surface area contributed by atoms with Gasteiger partial charge in [0.1, 0.15) is 0 Å². The van der Waals surface area contributed by atoms with E-state index < -0.39 is 0 Å². The van der Waals surface area contributed by atoms with Crippen molar-refractivity contribution in [3.8, 4) is 0 Å². The van der Waals surface area contributed by atoms with E-state index in [0.717, 1.165) is 19.3 Å². The summed E-state index contributed by atoms with van der Waals surface area (Å²) < 4.78 is 0. The first kappa shape index (κ1) is 30.7. The highest BCUT2D eigenvalue weighted by molar-refractivity contribution is 5.96. The average Bonchev–Trinajstić information content (AvgIpc) is 2.93. The van der Waals surface area contributed by atoms with Gasteiger partial charge in [0.15, 0.2) is 0 Å². The van der Waals surface area contributed by atoms with E-state index in [2.05, 4.69) is 123 Å². The molecule has 0 aromatic heterocycles. The smallest absolute Gasteiger partial charge is 0.00772 e. The van der Waals surface area contributed by atoms with E-state index in [9.17, 15) is 0 Å². The van der Waals surface area contributed by atoms with Gasteiger partial charge < -0.3 is 0 Å². The van der Waals surface area contributed by atoms with Gasteiger partial charge in [-0.2, -0.15) is 0 Å². The van der Waals surface area contributed by atoms with Crippen LogP contribution in [-0.4, -0.2) is 0 Å². The first-order chi connectivity index (χ1) is 16.6. The van der Waals surface area contributed by atoms with Crippen LogP contribution in [0.15, 0.2) is 78.9 Å². The van der Waals surface area contributed by atoms with E-state index in [0.29, 0.717) is 5.92 Å². The molecule has 3 rings (SSSR count). The summed E-state index contributed by atoms with van der Waals surface area (Å²) in [5, 5.41) is 2.71. The highest BCUT2D eigenvalue weighted by atomic mass is 14.4. The van der Waals surface area contributed by atoms with Gasteiger partial charge in [-0.15, -0.1) is 0 Å². The van der Waals surface area contributed by atoms with Crippen LogP contribution in [0.25, 0.3) is 16.3 Å². The van der Waals surface area contributed by atoms with Crippen molar-refractivity contribution in [2.45, 2.75) is 94.9 Å². The minimum absolute atomic E-state index is 0.0690. The van der Waals surface area contributed by atoms with Crippen LogP contribution in [0.2, 0.25) is 0 Å². The minimum atomic E-state index is 0.0690. The molecule has 1 aliphatic rings. The minimum Gasteiger partial charge on any atom is -0.0991 e. The second-order valence-corrected chi connectivity index (χ2v) is 10.9. The van der Waals surface area contributed by atoms with Crippen LogP contribution in [0.5, 0.6) is 0 Å². The molecule has 0 radical (unpaired) electrons. The fourth-order valence-electron chi connectivity index (χ4n) is 4.66. The Morgan fingerprint density at radius 3 is 2.26 bits per heavy atom. The third-order valence-corrected chi connectivity index (χ3v) is 6.79. The van der Waals surface area contributed by atoms with E-state index in [1.807, 2.05) is 19.9 Å². The summed E-state index contributed by atoms with van der Waals surface area (Å²) in [6, 6.07) is 13.5. The summed E-state index contributed by atoms with van der Waals surface area (Å²) >= 11 is 0. The monoisotopic (exact) mass is 472 g/mol. The molecule has 192 valence electrons. The Kier molecular flexibility index (Phi) is 12.5. The molecule has 0 fully saturated rings. The Bertz CT molecular complexity index is 1020. The fraction of sp³-hybridized carbons (Fsp3) is 0.486. The SMILES string of the molecule is C=C/C=C(\C=C1/CC(C)(C=CCC)C(C)Cc2ccc3ccccc3c21)C(C)(C)C.CC.CCC. The van der Waals surface area contributed by atoms with Gasteiger partial charge in [0.05, 0.1) is 0 Å². The second-order valence-electron chi connectivity index (χ2n) is 10.9. The van der Waals surface area contributed by atoms with Crippen LogP contribution in [-0.2, 0) is 6.42 Å². The Morgan fingerprint density at radius 1 is 1.06 bits per heavy atom. The van der Waals surface area contributed by atoms with Crippen LogP contribution in [0.3, 0.4) is 0 Å². The number of benzene rings is 2. The van der Waals surface area contributed by atoms with Gasteiger partial charge in [0.25, 0.3) is 0 Å². The Labute approximate surface area is 217 Å². The maximum absolute atomic E-state index is 3.98. The quantitative estimate of drug-likeness (QED) is 0.236. The standard InChI is InChI=1S/C30H38.C3H8.C2H6/c1-8-10-18-30(7)21-25(20-26(13-9-2)29(4,5)6)28-24(19-22(30)3)17-16-23-14-11-12-15-27(23)28;1-3-2;1-2/h9-18,20,22H,2,8,19,21H2,1,3-7H3;3H2,1-2H3;1-2H3/b18-10?,25-20+,26-13+;;. The first-order valence-corrected chi connectivity index (χ1v) is 13.8. The molecular weight excluding hydrogens is 420 g/mol. The van der Waals surface area contributed by atoms with Gasteiger partial charge in [0, 0.05) is 0 Å². The van der Waals surface area contributed by atoms with E-state index in [4.69, 9.17) is 0 Å². The Morgan fingerprint density at radius 2 is 1.69 bits per heavy atom. The molecule has 0 heteroatoms. The van der Waals surface area contributed by atoms with Crippen molar-refractivity contribution in [2.24, 2.45) is 16.7 Å². The summed E-state index contributed by atoms with van der Waals surface area (Å²) in [7, 11) is 0. The number of rotatable bonds is 4. The summed E-state index contributed by atoms with van der Waals surface area (Å²) in [5.41, 5.74) is 5.93. The largest absolute Gasteiger partial charge is 0.0991 e. The van der Waals surface area contributed by atoms with Crippen molar-refractivity contribution in [1.29, 1.82) is 0 Å². The van der Waals surface area contributed by atoms with Crippen molar-refractivity contribution >= 4 is 16.3 Å². The topological polar surface area (TPSA) is 0 Å². The molecule has 2 aromatic rings. The average molecular weight is 473 g/mol. The van der Waals surface area contributed by atoms with Gasteiger partial charge in [-0.3, -0.25) is 0 Å². The van der Waals surface area contributed by atoms with E-state index in [-0.39, 0.29) is 10.8 Å². The summed E-state index contributed by atoms with van der Waals surface area (Å²) in [6.07, 6.45) is 15.9. The van der Waals surface area contributed by atoms with Crippen molar-refractivity contribution < 1.29 is 0 Å². The van der Waals surface area contributed by atoms with Crippen LogP contribution in [0.1, 0.15) is 99.6 Å². The van der Waals surface area contributed by atoms with Crippen LogP contribution in [0.4, 0.5) is 0 Å². The number of fused-ring (bicyclic) bond motifs is 3. The van der Waals surface area contributed by atoms with Crippen LogP contribution < -0.4 is 0 Å². The van der Waals surface area contributed by atoms with E-state index >= 15 is 0 Å². The third-order valence-electron chi connectivity index (χ3n) is 6.79. The zero-order valence-electron chi connectivity index (χ0n) is 24.5. The van der Waals surface area contributed by atoms with Gasteiger partial charge in [-0.1, -0.05) is 149 Å². The highest BCUT2D eigenvalue weighted by Crippen LogP contribution is 2.47. The number of hydrogen-bond acceptors (Lipinski definition) is 0. The second kappa shape index (κ2) is 14.3.